The van der Waals surface area contributed by atoms with Gasteiger partial charge >= 0.3 is 0 Å². The van der Waals surface area contributed by atoms with Crippen LogP contribution in [0.15, 0.2) is 16.1 Å². The molecule has 0 atom stereocenters. The van der Waals surface area contributed by atoms with Crippen molar-refractivity contribution in [3.05, 3.63) is 22.1 Å². The van der Waals surface area contributed by atoms with Crippen LogP contribution in [0, 0.1) is 19.3 Å². The van der Waals surface area contributed by atoms with Crippen LogP contribution in [-0.2, 0) is 0 Å². The molecule has 0 fully saturated rings. The number of aryl methyl sites for hydroxylation is 1. The van der Waals surface area contributed by atoms with Crippen LogP contribution >= 0.6 is 11.8 Å². The Morgan fingerprint density at radius 2 is 2.58 bits per heavy atom. The fourth-order valence-corrected chi connectivity index (χ4v) is 1.14. The highest BCUT2D eigenvalue weighted by Gasteiger charge is 1.96. The van der Waals surface area contributed by atoms with Gasteiger partial charge in [0.05, 0.1) is 5.75 Å². The molecule has 3 nitrogen and oxygen atoms in total. The van der Waals surface area contributed by atoms with E-state index in [0.29, 0.717) is 16.5 Å². The van der Waals surface area contributed by atoms with Crippen molar-refractivity contribution in [1.29, 1.82) is 0 Å². The highest BCUT2D eigenvalue weighted by Crippen LogP contribution is 2.08. The SMILES string of the molecule is C#CCSc1ncc(C)c(=O)[nH]1. The van der Waals surface area contributed by atoms with E-state index in [2.05, 4.69) is 15.9 Å². The number of nitrogens with zero attached hydrogens (tertiary/aromatic N) is 1. The fraction of sp³-hybridized carbons (Fsp3) is 0.250. The molecule has 12 heavy (non-hydrogen) atoms. The van der Waals surface area contributed by atoms with Crippen molar-refractivity contribution in [2.75, 3.05) is 5.75 Å². The molecule has 0 spiro atoms. The third-order valence-corrected chi connectivity index (χ3v) is 2.04. The standard InChI is InChI=1S/C8H8N2OS/c1-3-4-12-8-9-5-6(2)7(11)10-8/h1,5H,4H2,2H3,(H,9,10,11). The van der Waals surface area contributed by atoms with Crippen molar-refractivity contribution in [1.82, 2.24) is 9.97 Å². The summed E-state index contributed by atoms with van der Waals surface area (Å²) in [5.41, 5.74) is 0.504. The molecule has 1 aromatic heterocycles. The average Bonchev–Trinajstić information content (AvgIpc) is 2.07. The summed E-state index contributed by atoms with van der Waals surface area (Å²) in [6.07, 6.45) is 6.59. The Morgan fingerprint density at radius 3 is 3.17 bits per heavy atom. The van der Waals surface area contributed by atoms with E-state index in [9.17, 15) is 4.79 Å². The smallest absolute Gasteiger partial charge is 0.254 e. The molecule has 0 bridgehead atoms. The molecule has 0 saturated heterocycles. The molecule has 0 aliphatic carbocycles. The summed E-state index contributed by atoms with van der Waals surface area (Å²) in [6, 6.07) is 0. The van der Waals surface area contributed by atoms with Crippen molar-refractivity contribution in [2.45, 2.75) is 12.1 Å². The lowest BCUT2D eigenvalue weighted by Gasteiger charge is -1.95. The van der Waals surface area contributed by atoms with E-state index in [0.717, 1.165) is 0 Å². The summed E-state index contributed by atoms with van der Waals surface area (Å²) in [7, 11) is 0. The minimum Gasteiger partial charge on any atom is -0.301 e. The Morgan fingerprint density at radius 1 is 1.83 bits per heavy atom. The van der Waals surface area contributed by atoms with Gasteiger partial charge in [0, 0.05) is 11.8 Å². The number of terminal acetylenes is 1. The van der Waals surface area contributed by atoms with Crippen molar-refractivity contribution in [3.63, 3.8) is 0 Å². The number of thioether (sulfide) groups is 1. The molecular weight excluding hydrogens is 172 g/mol. The van der Waals surface area contributed by atoms with Gasteiger partial charge in [-0.15, -0.1) is 6.42 Å². The monoisotopic (exact) mass is 180 g/mol. The van der Waals surface area contributed by atoms with Gasteiger partial charge in [0.25, 0.3) is 5.56 Å². The zero-order chi connectivity index (χ0) is 8.97. The topological polar surface area (TPSA) is 45.8 Å². The van der Waals surface area contributed by atoms with E-state index in [1.165, 1.54) is 18.0 Å². The minimum absolute atomic E-state index is 0.107. The van der Waals surface area contributed by atoms with Gasteiger partial charge in [-0.05, 0) is 6.92 Å². The minimum atomic E-state index is -0.107. The fourth-order valence-electron chi connectivity index (χ4n) is 0.625. The van der Waals surface area contributed by atoms with E-state index in [1.54, 1.807) is 6.92 Å². The van der Waals surface area contributed by atoms with Crippen molar-refractivity contribution in [3.8, 4) is 12.3 Å². The van der Waals surface area contributed by atoms with E-state index >= 15 is 0 Å². The molecule has 0 aromatic carbocycles. The molecule has 1 aromatic rings. The number of hydrogen-bond donors (Lipinski definition) is 1. The summed E-state index contributed by atoms with van der Waals surface area (Å²) >= 11 is 1.34. The molecule has 4 heteroatoms. The van der Waals surface area contributed by atoms with Crippen LogP contribution in [0.2, 0.25) is 0 Å². The van der Waals surface area contributed by atoms with Crippen LogP contribution in [0.5, 0.6) is 0 Å². The van der Waals surface area contributed by atoms with E-state index in [4.69, 9.17) is 6.42 Å². The average molecular weight is 180 g/mol. The van der Waals surface area contributed by atoms with Crippen molar-refractivity contribution < 1.29 is 0 Å². The quantitative estimate of drug-likeness (QED) is 0.416. The number of aromatic nitrogens is 2. The van der Waals surface area contributed by atoms with Gasteiger partial charge < -0.3 is 4.98 Å². The van der Waals surface area contributed by atoms with Crippen LogP contribution in [0.1, 0.15) is 5.56 Å². The first-order chi connectivity index (χ1) is 5.74. The molecule has 1 N–H and O–H groups in total. The second-order valence-electron chi connectivity index (χ2n) is 2.19. The summed E-state index contributed by atoms with van der Waals surface area (Å²) in [5, 5.41) is 0.573. The molecule has 62 valence electrons. The molecule has 0 unspecified atom stereocenters. The maximum absolute atomic E-state index is 11.0. The largest absolute Gasteiger partial charge is 0.301 e. The van der Waals surface area contributed by atoms with Crippen LogP contribution in [0.4, 0.5) is 0 Å². The Labute approximate surface area is 74.6 Å². The summed E-state index contributed by atoms with van der Waals surface area (Å²) in [6.45, 7) is 1.71. The molecule has 1 heterocycles. The second-order valence-corrected chi connectivity index (χ2v) is 3.16. The molecule has 0 aliphatic rings. The maximum atomic E-state index is 11.0. The lowest BCUT2D eigenvalue weighted by atomic mass is 10.4. The Balaban J connectivity index is 2.84. The number of H-pyrrole nitrogens is 1. The summed E-state index contributed by atoms with van der Waals surface area (Å²) in [5.74, 6) is 2.97. The predicted octanol–water partition coefficient (Wildman–Crippen LogP) is 0.804. The molecular formula is C8H8N2OS. The van der Waals surface area contributed by atoms with Gasteiger partial charge in [-0.25, -0.2) is 4.98 Å². The summed E-state index contributed by atoms with van der Waals surface area (Å²) < 4.78 is 0. The van der Waals surface area contributed by atoms with E-state index in [1.807, 2.05) is 0 Å². The van der Waals surface area contributed by atoms with E-state index < -0.39 is 0 Å². The normalized spacial score (nSPS) is 9.33. The summed E-state index contributed by atoms with van der Waals surface area (Å²) in [4.78, 5) is 17.6. The zero-order valence-corrected chi connectivity index (χ0v) is 7.44. The van der Waals surface area contributed by atoms with Crippen LogP contribution in [0.25, 0.3) is 0 Å². The van der Waals surface area contributed by atoms with Crippen molar-refractivity contribution >= 4 is 11.8 Å². The first-order valence-electron chi connectivity index (χ1n) is 3.36. The van der Waals surface area contributed by atoms with E-state index in [-0.39, 0.29) is 5.56 Å². The Bertz CT molecular complexity index is 364. The molecule has 0 radical (unpaired) electrons. The lowest BCUT2D eigenvalue weighted by Crippen LogP contribution is -2.10. The van der Waals surface area contributed by atoms with Gasteiger partial charge in [0.2, 0.25) is 0 Å². The Hall–Kier alpha value is -1.21. The van der Waals surface area contributed by atoms with Gasteiger partial charge in [-0.3, -0.25) is 4.79 Å². The lowest BCUT2D eigenvalue weighted by molar-refractivity contribution is 0.919. The van der Waals surface area contributed by atoms with Gasteiger partial charge in [-0.1, -0.05) is 17.7 Å². The molecule has 0 saturated carbocycles. The first kappa shape index (κ1) is 8.88. The first-order valence-corrected chi connectivity index (χ1v) is 4.35. The second kappa shape index (κ2) is 3.98. The number of nitrogens with one attached hydrogen (secondary N) is 1. The van der Waals surface area contributed by atoms with Crippen LogP contribution < -0.4 is 5.56 Å². The highest BCUT2D eigenvalue weighted by atomic mass is 32.2. The molecule has 1 rings (SSSR count). The number of aromatic amines is 1. The highest BCUT2D eigenvalue weighted by molar-refractivity contribution is 7.99. The van der Waals surface area contributed by atoms with Gasteiger partial charge in [-0.2, -0.15) is 0 Å². The van der Waals surface area contributed by atoms with Crippen molar-refractivity contribution in [2.24, 2.45) is 0 Å². The van der Waals surface area contributed by atoms with Gasteiger partial charge in [0.15, 0.2) is 5.16 Å². The van der Waals surface area contributed by atoms with Crippen LogP contribution in [-0.4, -0.2) is 15.7 Å². The third-order valence-electron chi connectivity index (χ3n) is 1.25. The molecule has 0 aliphatic heterocycles. The number of rotatable bonds is 2. The van der Waals surface area contributed by atoms with Gasteiger partial charge in [0.1, 0.15) is 0 Å². The zero-order valence-electron chi connectivity index (χ0n) is 6.63. The predicted molar refractivity (Wildman–Crippen MR) is 49.2 cm³/mol. The maximum Gasteiger partial charge on any atom is 0.254 e. The molecule has 0 amide bonds. The Kier molecular flexibility index (Phi) is 2.94. The van der Waals surface area contributed by atoms with Crippen LogP contribution in [0.3, 0.4) is 0 Å². The third kappa shape index (κ3) is 2.14. The number of hydrogen-bond acceptors (Lipinski definition) is 3.